The van der Waals surface area contributed by atoms with Gasteiger partial charge < -0.3 is 9.84 Å². The predicted octanol–water partition coefficient (Wildman–Crippen LogP) is 1.17. The molecule has 2 aliphatic carbocycles. The van der Waals surface area contributed by atoms with E-state index in [2.05, 4.69) is 19.7 Å². The maximum Gasteiger partial charge on any atom is 0.334 e. The number of ketones is 1. The van der Waals surface area contributed by atoms with Gasteiger partial charge in [0.1, 0.15) is 6.10 Å². The van der Waals surface area contributed by atoms with Crippen molar-refractivity contribution >= 4 is 11.8 Å². The third-order valence-electron chi connectivity index (χ3n) is 4.63. The third-order valence-corrected chi connectivity index (χ3v) is 4.63. The van der Waals surface area contributed by atoms with E-state index in [0.717, 1.165) is 5.57 Å². The second-order valence-corrected chi connectivity index (χ2v) is 5.64. The van der Waals surface area contributed by atoms with E-state index in [4.69, 9.17) is 4.74 Å². The van der Waals surface area contributed by atoms with Crippen LogP contribution in [-0.2, 0) is 14.3 Å². The molecule has 0 aromatic carbocycles. The Morgan fingerprint density at radius 2 is 1.74 bits per heavy atom. The maximum absolute atomic E-state index is 11.9. The van der Waals surface area contributed by atoms with Crippen LogP contribution in [0, 0.1) is 17.8 Å². The van der Waals surface area contributed by atoms with Crippen molar-refractivity contribution < 1.29 is 19.4 Å². The van der Waals surface area contributed by atoms with Crippen molar-refractivity contribution in [3.63, 3.8) is 0 Å². The van der Waals surface area contributed by atoms with Gasteiger partial charge in [-0.05, 0) is 17.9 Å². The summed E-state index contributed by atoms with van der Waals surface area (Å²) in [6.45, 7) is 11.5. The number of aliphatic hydroxyl groups is 1. The molecule has 1 heterocycles. The fourth-order valence-corrected chi connectivity index (χ4v) is 3.61. The molecule has 19 heavy (non-hydrogen) atoms. The number of rotatable bonds is 0. The van der Waals surface area contributed by atoms with Gasteiger partial charge in [-0.3, -0.25) is 4.79 Å². The number of carbonyl (C=O) groups excluding carboxylic acids is 2. The summed E-state index contributed by atoms with van der Waals surface area (Å²) in [7, 11) is 0. The smallest absolute Gasteiger partial charge is 0.334 e. The van der Waals surface area contributed by atoms with E-state index in [1.165, 1.54) is 0 Å². The number of hydrogen-bond donors (Lipinski definition) is 1. The van der Waals surface area contributed by atoms with E-state index >= 15 is 0 Å². The highest BCUT2D eigenvalue weighted by Gasteiger charge is 2.55. The van der Waals surface area contributed by atoms with Gasteiger partial charge in [-0.1, -0.05) is 25.3 Å². The summed E-state index contributed by atoms with van der Waals surface area (Å²) in [6.07, 6.45) is -0.538. The Labute approximate surface area is 111 Å². The van der Waals surface area contributed by atoms with Crippen molar-refractivity contribution in [3.8, 4) is 0 Å². The van der Waals surface area contributed by atoms with Gasteiger partial charge in [-0.25, -0.2) is 4.79 Å². The molecule has 1 saturated heterocycles. The first-order chi connectivity index (χ1) is 8.91. The summed E-state index contributed by atoms with van der Waals surface area (Å²) in [6, 6.07) is 0. The molecule has 0 bridgehead atoms. The Kier molecular flexibility index (Phi) is 2.54. The molecule has 4 nitrogen and oxygen atoms in total. The Hall–Kier alpha value is -1.68. The minimum absolute atomic E-state index is 0.000138. The van der Waals surface area contributed by atoms with Gasteiger partial charge in [0.2, 0.25) is 0 Å². The first-order valence-corrected chi connectivity index (χ1v) is 6.39. The standard InChI is InChI=1S/C15H16O4/c1-6-4-11(17)13-8(3)15(18)19-14(13)12-7(2)10(16)5-9(6)12/h9,11-14,17H,1-5H2/t9-,11-,12-,13+,14+/m0/s1. The van der Waals surface area contributed by atoms with E-state index < -0.39 is 24.1 Å². The van der Waals surface area contributed by atoms with Crippen molar-refractivity contribution in [1.29, 1.82) is 0 Å². The number of ether oxygens (including phenoxy) is 1. The number of fused-ring (bicyclic) bond motifs is 3. The van der Waals surface area contributed by atoms with Gasteiger partial charge in [-0.15, -0.1) is 0 Å². The molecular weight excluding hydrogens is 244 g/mol. The summed E-state index contributed by atoms with van der Waals surface area (Å²) in [5.74, 6) is -1.28. The zero-order valence-corrected chi connectivity index (χ0v) is 10.6. The van der Waals surface area contributed by atoms with Gasteiger partial charge in [0.05, 0.1) is 12.0 Å². The predicted molar refractivity (Wildman–Crippen MR) is 68.0 cm³/mol. The summed E-state index contributed by atoms with van der Waals surface area (Å²) < 4.78 is 5.36. The van der Waals surface area contributed by atoms with E-state index in [0.29, 0.717) is 18.4 Å². The molecule has 0 unspecified atom stereocenters. The van der Waals surface area contributed by atoms with Crippen LogP contribution in [-0.4, -0.2) is 29.1 Å². The molecule has 1 N–H and O–H groups in total. The van der Waals surface area contributed by atoms with Crippen molar-refractivity contribution in [2.75, 3.05) is 0 Å². The highest BCUT2D eigenvalue weighted by Crippen LogP contribution is 2.50. The van der Waals surface area contributed by atoms with Crippen LogP contribution in [0.2, 0.25) is 0 Å². The molecule has 0 amide bonds. The minimum Gasteiger partial charge on any atom is -0.458 e. The minimum atomic E-state index is -0.732. The van der Waals surface area contributed by atoms with Crippen LogP contribution in [0.3, 0.4) is 0 Å². The van der Waals surface area contributed by atoms with Gasteiger partial charge >= 0.3 is 5.97 Å². The van der Waals surface area contributed by atoms with Crippen LogP contribution in [0.5, 0.6) is 0 Å². The highest BCUT2D eigenvalue weighted by atomic mass is 16.6. The number of esters is 1. The SMILES string of the molecule is C=C1C(=O)C[C@H]2C(=C)C[C@H](O)[C@H]3C(=C)C(=O)O[C@@H]3[C@@H]12. The van der Waals surface area contributed by atoms with E-state index in [-0.39, 0.29) is 23.2 Å². The molecule has 3 aliphatic rings. The Bertz CT molecular complexity index is 530. The monoisotopic (exact) mass is 260 g/mol. The summed E-state index contributed by atoms with van der Waals surface area (Å²) in [5, 5.41) is 10.3. The molecule has 1 aliphatic heterocycles. The molecule has 2 saturated carbocycles. The lowest BCUT2D eigenvalue weighted by molar-refractivity contribution is -0.141. The van der Waals surface area contributed by atoms with Crippen LogP contribution in [0.15, 0.2) is 36.5 Å². The molecular formula is C15H16O4. The Balaban J connectivity index is 2.08. The summed E-state index contributed by atoms with van der Waals surface area (Å²) in [5.41, 5.74) is 1.61. The van der Waals surface area contributed by atoms with Gasteiger partial charge in [0.25, 0.3) is 0 Å². The van der Waals surface area contributed by atoms with Crippen LogP contribution >= 0.6 is 0 Å². The number of aliphatic hydroxyl groups excluding tert-OH is 1. The van der Waals surface area contributed by atoms with E-state index in [1.807, 2.05) is 0 Å². The van der Waals surface area contributed by atoms with E-state index in [1.54, 1.807) is 0 Å². The zero-order chi connectivity index (χ0) is 13.9. The molecule has 3 fully saturated rings. The molecule has 0 radical (unpaired) electrons. The molecule has 3 rings (SSSR count). The fraction of sp³-hybridized carbons (Fsp3) is 0.467. The second kappa shape index (κ2) is 3.90. The summed E-state index contributed by atoms with van der Waals surface area (Å²) in [4.78, 5) is 23.6. The number of carbonyl (C=O) groups is 2. The molecule has 5 atom stereocenters. The van der Waals surface area contributed by atoms with Crippen LogP contribution in [0.25, 0.3) is 0 Å². The second-order valence-electron chi connectivity index (χ2n) is 5.64. The van der Waals surface area contributed by atoms with Gasteiger partial charge in [-0.2, -0.15) is 0 Å². The van der Waals surface area contributed by atoms with Crippen LogP contribution in [0.4, 0.5) is 0 Å². The molecule has 100 valence electrons. The van der Waals surface area contributed by atoms with Crippen molar-refractivity contribution in [1.82, 2.24) is 0 Å². The lowest BCUT2D eigenvalue weighted by Gasteiger charge is -2.25. The molecule has 4 heteroatoms. The highest BCUT2D eigenvalue weighted by molar-refractivity contribution is 5.99. The Morgan fingerprint density at radius 1 is 1.05 bits per heavy atom. The third kappa shape index (κ3) is 1.56. The Morgan fingerprint density at radius 3 is 2.42 bits per heavy atom. The van der Waals surface area contributed by atoms with Crippen molar-refractivity contribution in [3.05, 3.63) is 36.5 Å². The number of hydrogen-bond acceptors (Lipinski definition) is 4. The van der Waals surface area contributed by atoms with Crippen molar-refractivity contribution in [2.45, 2.75) is 25.0 Å². The largest absolute Gasteiger partial charge is 0.458 e. The van der Waals surface area contributed by atoms with Crippen LogP contribution in [0.1, 0.15) is 12.8 Å². The normalized spacial score (nSPS) is 41.9. The maximum atomic E-state index is 11.9. The molecule has 0 spiro atoms. The van der Waals surface area contributed by atoms with Crippen LogP contribution < -0.4 is 0 Å². The lowest BCUT2D eigenvalue weighted by Crippen LogP contribution is -2.33. The fourth-order valence-electron chi connectivity index (χ4n) is 3.61. The first-order valence-electron chi connectivity index (χ1n) is 6.39. The summed E-state index contributed by atoms with van der Waals surface area (Å²) >= 11 is 0. The quantitative estimate of drug-likeness (QED) is 0.403. The zero-order valence-electron chi connectivity index (χ0n) is 10.6. The number of Topliss-reactive ketones (excluding diaryl/α,β-unsaturated/α-hetero) is 1. The average molecular weight is 260 g/mol. The molecule has 0 aromatic heterocycles. The molecule has 0 aromatic rings. The van der Waals surface area contributed by atoms with E-state index in [9.17, 15) is 14.7 Å². The average Bonchev–Trinajstić information content (AvgIpc) is 2.75. The van der Waals surface area contributed by atoms with Crippen molar-refractivity contribution in [2.24, 2.45) is 17.8 Å². The van der Waals surface area contributed by atoms with Gasteiger partial charge in [0, 0.05) is 17.9 Å². The lowest BCUT2D eigenvalue weighted by atomic mass is 9.81. The first kappa shape index (κ1) is 12.4. The van der Waals surface area contributed by atoms with Gasteiger partial charge in [0.15, 0.2) is 5.78 Å². The topological polar surface area (TPSA) is 63.6 Å².